The van der Waals surface area contributed by atoms with Crippen LogP contribution in [-0.4, -0.2) is 140 Å². The minimum Gasteiger partial charge on any atom is -0.468 e. The zero-order valence-corrected chi connectivity index (χ0v) is 44.1. The van der Waals surface area contributed by atoms with Gasteiger partial charge in [-0.2, -0.15) is 4.98 Å². The van der Waals surface area contributed by atoms with Crippen molar-refractivity contribution in [3.05, 3.63) is 106 Å². The van der Waals surface area contributed by atoms with E-state index in [0.29, 0.717) is 79.9 Å². The molecule has 0 spiro atoms. The molecular weight excluding hydrogens is 975 g/mol. The molecule has 19 heteroatoms. The molecule has 0 unspecified atom stereocenters. The van der Waals surface area contributed by atoms with Crippen molar-refractivity contribution in [1.82, 2.24) is 24.5 Å². The third-order valence-corrected chi connectivity index (χ3v) is 18.4. The number of amides is 1. The van der Waals surface area contributed by atoms with Crippen molar-refractivity contribution in [2.45, 2.75) is 125 Å². The highest BCUT2D eigenvalue weighted by molar-refractivity contribution is 7.90. The van der Waals surface area contributed by atoms with Gasteiger partial charge in [0, 0.05) is 81.3 Å². The van der Waals surface area contributed by atoms with Gasteiger partial charge >= 0.3 is 0 Å². The summed E-state index contributed by atoms with van der Waals surface area (Å²) in [4.78, 5) is 43.9. The van der Waals surface area contributed by atoms with Crippen LogP contribution in [0.2, 0.25) is 0 Å². The number of anilines is 4. The van der Waals surface area contributed by atoms with Crippen LogP contribution in [0.4, 0.5) is 28.4 Å². The molecule has 5 aromatic rings. The standard InChI is InChI=1S/C56H71N9O9S/c1-36(2)43-6-4-5-7-44(43)51-34-73-29-27-63(51)40-10-8-39(9-11-40)61-23-25-62(26-24-61)41-12-14-45(48(31-41)64-47-19-28-72-35-52(47)74-55-50(64)30-38-18-22-57-53(38)59-55)54(66)60-75(70,71)42-13-15-46(49(32-42)65(68)69)58-33-37-16-20-56(3,67)21-17-37/h4-7,12-15,18,22,30-32,36-37,39-40,47,51-52,58,67H,8-11,16-17,19-21,23-29,33-35H2,1-3H3,(H,57,59)(H,60,66)/t37-,39?,40?,47-,51-,52-,56-/m0/s1. The smallest absolute Gasteiger partial charge is 0.293 e. The lowest BCUT2D eigenvalue weighted by Crippen LogP contribution is -2.54. The largest absolute Gasteiger partial charge is 0.468 e. The first kappa shape index (κ1) is 51.3. The number of nitrogens with zero attached hydrogens (tertiary/aromatic N) is 6. The first-order chi connectivity index (χ1) is 36.2. The first-order valence-corrected chi connectivity index (χ1v) is 28.6. The molecule has 5 fully saturated rings. The number of morpholine rings is 1. The van der Waals surface area contributed by atoms with Gasteiger partial charge < -0.3 is 39.4 Å². The summed E-state index contributed by atoms with van der Waals surface area (Å²) < 4.78 is 49.2. The SMILES string of the molecule is CC(C)c1ccccc1[C@@H]1COCCN1C1CCC(N2CCN(c3ccc(C(=O)NS(=O)(=O)c4ccc(NC[C@H]5CC[C@](C)(O)CC5)c([N+](=O)[O-])c4)c(N4c5cc6cc[nH]c6nc5O[C@H]5COCC[C@@H]54)c3)CC2)CC1. The molecule has 6 aliphatic rings. The number of nitro groups is 1. The predicted octanol–water partition coefficient (Wildman–Crippen LogP) is 8.26. The molecule has 11 rings (SSSR count). The van der Waals surface area contributed by atoms with E-state index in [4.69, 9.17) is 19.2 Å². The number of pyridine rings is 1. The quantitative estimate of drug-likeness (QED) is 0.0647. The second kappa shape index (κ2) is 21.3. The minimum atomic E-state index is -4.62. The lowest BCUT2D eigenvalue weighted by atomic mass is 9.80. The third-order valence-electron chi connectivity index (χ3n) is 17.0. The minimum absolute atomic E-state index is 0.111. The van der Waals surface area contributed by atoms with Crippen molar-refractivity contribution in [3.8, 4) is 5.88 Å². The van der Waals surface area contributed by atoms with E-state index in [1.165, 1.54) is 23.3 Å². The Hall–Kier alpha value is -5.83. The van der Waals surface area contributed by atoms with Gasteiger partial charge in [-0.3, -0.25) is 24.7 Å². The van der Waals surface area contributed by atoms with E-state index in [9.17, 15) is 28.4 Å². The normalized spacial score (nSPS) is 26.8. The molecule has 0 radical (unpaired) electrons. The summed E-state index contributed by atoms with van der Waals surface area (Å²) in [7, 11) is -4.62. The van der Waals surface area contributed by atoms with Gasteiger partial charge in [-0.25, -0.2) is 13.1 Å². The number of nitro benzene ring substituents is 1. The Morgan fingerprint density at radius 2 is 1.65 bits per heavy atom. The van der Waals surface area contributed by atoms with Gasteiger partial charge in [0.1, 0.15) is 23.1 Å². The van der Waals surface area contributed by atoms with Gasteiger partial charge in [0.25, 0.3) is 21.6 Å². The molecule has 2 aliphatic carbocycles. The van der Waals surface area contributed by atoms with Crippen molar-refractivity contribution in [3.63, 3.8) is 0 Å². The number of hydrogen-bond donors (Lipinski definition) is 4. The number of sulfonamides is 1. The monoisotopic (exact) mass is 1050 g/mol. The lowest BCUT2D eigenvalue weighted by Gasteiger charge is -2.47. The third kappa shape index (κ3) is 10.7. The number of piperazine rings is 1. The van der Waals surface area contributed by atoms with Gasteiger partial charge in [0.2, 0.25) is 5.88 Å². The van der Waals surface area contributed by atoms with Crippen LogP contribution in [0, 0.1) is 16.0 Å². The Kier molecular flexibility index (Phi) is 14.6. The van der Waals surface area contributed by atoms with Crippen LogP contribution in [0.5, 0.6) is 5.88 Å². The number of carbonyl (C=O) groups is 1. The highest BCUT2D eigenvalue weighted by Crippen LogP contribution is 2.46. The zero-order chi connectivity index (χ0) is 52.0. The van der Waals surface area contributed by atoms with E-state index in [2.05, 4.69) is 72.7 Å². The van der Waals surface area contributed by atoms with Crippen molar-refractivity contribution < 1.29 is 37.5 Å². The van der Waals surface area contributed by atoms with E-state index in [-0.39, 0.29) is 29.3 Å². The van der Waals surface area contributed by atoms with E-state index >= 15 is 0 Å². The summed E-state index contributed by atoms with van der Waals surface area (Å²) in [5.74, 6) is 0.129. The zero-order valence-electron chi connectivity index (χ0n) is 43.3. The van der Waals surface area contributed by atoms with E-state index < -0.39 is 43.1 Å². The highest BCUT2D eigenvalue weighted by Gasteiger charge is 2.43. The summed E-state index contributed by atoms with van der Waals surface area (Å²) in [6, 6.07) is 23.0. The average Bonchev–Trinajstić information content (AvgIpc) is 3.88. The van der Waals surface area contributed by atoms with Crippen LogP contribution in [0.15, 0.2) is 83.9 Å². The molecule has 75 heavy (non-hydrogen) atoms. The number of aromatic nitrogens is 2. The maximum atomic E-state index is 14.7. The maximum absolute atomic E-state index is 14.7. The van der Waals surface area contributed by atoms with Gasteiger partial charge in [0.05, 0.1) is 58.6 Å². The number of hydrogen-bond acceptors (Lipinski definition) is 15. The van der Waals surface area contributed by atoms with Gasteiger partial charge in [0.15, 0.2) is 0 Å². The summed E-state index contributed by atoms with van der Waals surface area (Å²) in [6.07, 6.45) is 9.33. The van der Waals surface area contributed by atoms with Crippen molar-refractivity contribution in [2.75, 3.05) is 80.8 Å². The maximum Gasteiger partial charge on any atom is 0.293 e. The average molecular weight is 1050 g/mol. The number of aromatic amines is 1. The second-order valence-electron chi connectivity index (χ2n) is 22.2. The number of H-pyrrole nitrogens is 1. The number of carbonyl (C=O) groups excluding carboxylic acids is 1. The van der Waals surface area contributed by atoms with E-state index in [1.54, 1.807) is 6.07 Å². The van der Waals surface area contributed by atoms with Crippen LogP contribution in [0.1, 0.15) is 112 Å². The summed E-state index contributed by atoms with van der Waals surface area (Å²) in [5, 5.41) is 26.8. The Balaban J connectivity index is 0.832. The van der Waals surface area contributed by atoms with Crippen LogP contribution >= 0.6 is 0 Å². The predicted molar refractivity (Wildman–Crippen MR) is 288 cm³/mol. The Morgan fingerprint density at radius 1 is 0.893 bits per heavy atom. The lowest BCUT2D eigenvalue weighted by molar-refractivity contribution is -0.384. The molecule has 0 bridgehead atoms. The summed E-state index contributed by atoms with van der Waals surface area (Å²) in [5.41, 5.74) is 4.64. The van der Waals surface area contributed by atoms with Crippen LogP contribution in [0.25, 0.3) is 11.0 Å². The van der Waals surface area contributed by atoms with Crippen LogP contribution < -0.4 is 24.6 Å². The van der Waals surface area contributed by atoms with Gasteiger partial charge in [-0.1, -0.05) is 38.1 Å². The fraction of sp³-hybridized carbons (Fsp3) is 0.536. The van der Waals surface area contributed by atoms with E-state index in [0.717, 1.165) is 102 Å². The number of fused-ring (bicyclic) bond motifs is 3. The molecule has 2 saturated carbocycles. The van der Waals surface area contributed by atoms with Crippen molar-refractivity contribution in [1.29, 1.82) is 0 Å². The number of aliphatic hydroxyl groups is 1. The molecule has 3 atom stereocenters. The summed E-state index contributed by atoms with van der Waals surface area (Å²) in [6.45, 7) is 13.3. The molecule has 6 heterocycles. The molecule has 2 aromatic heterocycles. The van der Waals surface area contributed by atoms with Gasteiger partial charge in [-0.05, 0) is 130 Å². The van der Waals surface area contributed by atoms with Crippen molar-refractivity contribution >= 4 is 55.4 Å². The molecule has 4 N–H and O–H groups in total. The molecule has 18 nitrogen and oxygen atoms in total. The number of rotatable bonds is 13. The fourth-order valence-electron chi connectivity index (χ4n) is 12.8. The second-order valence-corrected chi connectivity index (χ2v) is 23.9. The number of benzene rings is 3. The summed E-state index contributed by atoms with van der Waals surface area (Å²) >= 11 is 0. The first-order valence-electron chi connectivity index (χ1n) is 27.1. The molecule has 3 saturated heterocycles. The Bertz CT molecular complexity index is 3000. The fourth-order valence-corrected chi connectivity index (χ4v) is 13.8. The number of ether oxygens (including phenoxy) is 3. The number of nitrogens with one attached hydrogen (secondary N) is 3. The molecule has 1 amide bonds. The molecule has 3 aromatic carbocycles. The van der Waals surface area contributed by atoms with Crippen molar-refractivity contribution in [2.24, 2.45) is 5.92 Å². The Morgan fingerprint density at radius 3 is 2.43 bits per heavy atom. The topological polar surface area (TPSA) is 208 Å². The van der Waals surface area contributed by atoms with Crippen LogP contribution in [-0.2, 0) is 19.5 Å². The molecule has 400 valence electrons. The highest BCUT2D eigenvalue weighted by atomic mass is 32.2. The van der Waals surface area contributed by atoms with Gasteiger partial charge in [-0.15, -0.1) is 0 Å². The van der Waals surface area contributed by atoms with E-state index in [1.807, 2.05) is 37.4 Å². The Labute approximate surface area is 439 Å². The molecular formula is C56H71N9O9S. The molecule has 4 aliphatic heterocycles. The van der Waals surface area contributed by atoms with Crippen LogP contribution in [0.3, 0.4) is 0 Å².